The zero-order chi connectivity index (χ0) is 28.6. The van der Waals surface area contributed by atoms with Crippen molar-refractivity contribution in [3.8, 4) is 17.6 Å². The van der Waals surface area contributed by atoms with Gasteiger partial charge >= 0.3 is 0 Å². The molecule has 0 spiro atoms. The quantitative estimate of drug-likeness (QED) is 0.110. The summed E-state index contributed by atoms with van der Waals surface area (Å²) in [6.45, 7) is 7.59. The van der Waals surface area contributed by atoms with E-state index in [1.165, 1.54) is 11.3 Å². The molecule has 41 heavy (non-hydrogen) atoms. The molecule has 0 saturated carbocycles. The Labute approximate surface area is 244 Å². The Morgan fingerprint density at radius 2 is 1.05 bits per heavy atom. The summed E-state index contributed by atoms with van der Waals surface area (Å²) in [6.07, 6.45) is 0. The lowest BCUT2D eigenvalue weighted by molar-refractivity contribution is 0.414. The molecule has 0 N–H and O–H groups in total. The third-order valence-electron chi connectivity index (χ3n) is 6.75. The Balaban J connectivity index is 1.76. The minimum Gasteiger partial charge on any atom is -0.497 e. The SMILES string of the molecule is [C-]#[N+]/C(C#N)=C(\c1ccc(C(=C(c2ccc(OC)cc2)c2ccc(OC)cc2)c2ccccc2)cc1)c1cccs1. The maximum absolute atomic E-state index is 9.71. The van der Waals surface area contributed by atoms with E-state index in [4.69, 9.17) is 16.0 Å². The van der Waals surface area contributed by atoms with Crippen LogP contribution in [0.25, 0.3) is 21.6 Å². The number of hydrogen-bond acceptors (Lipinski definition) is 4. The van der Waals surface area contributed by atoms with E-state index in [-0.39, 0.29) is 5.70 Å². The molecule has 5 rings (SSSR count). The first kappa shape index (κ1) is 27.2. The van der Waals surface area contributed by atoms with Crippen molar-refractivity contribution in [2.45, 2.75) is 0 Å². The second-order valence-corrected chi connectivity index (χ2v) is 10.0. The third kappa shape index (κ3) is 5.82. The Hall–Kier alpha value is -5.36. The molecule has 1 heterocycles. The van der Waals surface area contributed by atoms with Crippen molar-refractivity contribution in [3.63, 3.8) is 0 Å². The monoisotopic (exact) mass is 550 g/mol. The Morgan fingerprint density at radius 1 is 0.610 bits per heavy atom. The lowest BCUT2D eigenvalue weighted by atomic mass is 9.85. The molecule has 0 aliphatic rings. The van der Waals surface area contributed by atoms with Crippen molar-refractivity contribution in [2.75, 3.05) is 14.2 Å². The van der Waals surface area contributed by atoms with Crippen molar-refractivity contribution < 1.29 is 9.47 Å². The summed E-state index contributed by atoms with van der Waals surface area (Å²) in [5.74, 6) is 1.57. The second-order valence-electron chi connectivity index (χ2n) is 9.07. The Morgan fingerprint density at radius 3 is 1.44 bits per heavy atom. The lowest BCUT2D eigenvalue weighted by Gasteiger charge is -2.19. The van der Waals surface area contributed by atoms with Gasteiger partial charge in [0, 0.05) is 10.5 Å². The van der Waals surface area contributed by atoms with Crippen LogP contribution in [0.2, 0.25) is 0 Å². The largest absolute Gasteiger partial charge is 0.497 e. The van der Waals surface area contributed by atoms with Crippen LogP contribution in [0.15, 0.2) is 126 Å². The molecule has 0 fully saturated rings. The molecule has 5 heteroatoms. The summed E-state index contributed by atoms with van der Waals surface area (Å²) in [5, 5.41) is 11.7. The number of nitrogens with zero attached hydrogens (tertiary/aromatic N) is 2. The van der Waals surface area contributed by atoms with Gasteiger partial charge in [-0.2, -0.15) is 0 Å². The van der Waals surface area contributed by atoms with Gasteiger partial charge in [-0.05, 0) is 74.7 Å². The number of allylic oxidation sites excluding steroid dienone is 1. The van der Waals surface area contributed by atoms with Gasteiger partial charge in [0.15, 0.2) is 0 Å². The number of nitriles is 1. The van der Waals surface area contributed by atoms with E-state index >= 15 is 0 Å². The Bertz CT molecular complexity index is 1700. The smallest absolute Gasteiger partial charge is 0.270 e. The number of rotatable bonds is 8. The molecular weight excluding hydrogens is 524 g/mol. The van der Waals surface area contributed by atoms with Crippen LogP contribution in [0.5, 0.6) is 11.5 Å². The fourth-order valence-corrected chi connectivity index (χ4v) is 5.58. The van der Waals surface area contributed by atoms with Crippen LogP contribution in [0.3, 0.4) is 0 Å². The zero-order valence-corrected chi connectivity index (χ0v) is 23.5. The normalized spacial score (nSPS) is 11.0. The second kappa shape index (κ2) is 12.7. The molecule has 198 valence electrons. The van der Waals surface area contributed by atoms with Gasteiger partial charge in [0.05, 0.1) is 26.9 Å². The molecule has 0 atom stereocenters. The van der Waals surface area contributed by atoms with Gasteiger partial charge in [0.1, 0.15) is 11.5 Å². The van der Waals surface area contributed by atoms with Crippen molar-refractivity contribution >= 4 is 28.1 Å². The average molecular weight is 551 g/mol. The molecule has 0 aliphatic carbocycles. The van der Waals surface area contributed by atoms with Crippen molar-refractivity contribution in [1.29, 1.82) is 5.26 Å². The molecular formula is C36H26N2O2S. The molecule has 1 aromatic heterocycles. The highest BCUT2D eigenvalue weighted by molar-refractivity contribution is 7.11. The first-order chi connectivity index (χ1) is 20.2. The van der Waals surface area contributed by atoms with Crippen molar-refractivity contribution in [2.24, 2.45) is 0 Å². The van der Waals surface area contributed by atoms with Crippen molar-refractivity contribution in [1.82, 2.24) is 0 Å². The molecule has 0 unspecified atom stereocenters. The summed E-state index contributed by atoms with van der Waals surface area (Å²) < 4.78 is 10.9. The van der Waals surface area contributed by atoms with Gasteiger partial charge in [0.2, 0.25) is 0 Å². The van der Waals surface area contributed by atoms with Crippen LogP contribution in [-0.2, 0) is 0 Å². The van der Waals surface area contributed by atoms with Crippen molar-refractivity contribution in [3.05, 3.63) is 170 Å². The Kier molecular flexibility index (Phi) is 8.41. The maximum Gasteiger partial charge on any atom is 0.270 e. The minimum absolute atomic E-state index is 0.0798. The first-order valence-corrected chi connectivity index (χ1v) is 13.8. The average Bonchev–Trinajstić information content (AvgIpc) is 3.58. The predicted molar refractivity (Wildman–Crippen MR) is 166 cm³/mol. The summed E-state index contributed by atoms with van der Waals surface area (Å²) in [4.78, 5) is 4.42. The highest BCUT2D eigenvalue weighted by Gasteiger charge is 2.18. The molecule has 0 radical (unpaired) electrons. The van der Waals surface area contributed by atoms with Gasteiger partial charge in [0.25, 0.3) is 5.70 Å². The van der Waals surface area contributed by atoms with E-state index in [1.807, 2.05) is 72.1 Å². The van der Waals surface area contributed by atoms with E-state index in [2.05, 4.69) is 59.4 Å². The summed E-state index contributed by atoms with van der Waals surface area (Å²) >= 11 is 1.52. The molecule has 5 aromatic rings. The van der Waals surface area contributed by atoms with Crippen LogP contribution < -0.4 is 9.47 Å². The highest BCUT2D eigenvalue weighted by atomic mass is 32.1. The van der Waals surface area contributed by atoms with E-state index in [1.54, 1.807) is 14.2 Å². The maximum atomic E-state index is 9.71. The highest BCUT2D eigenvalue weighted by Crippen LogP contribution is 2.39. The van der Waals surface area contributed by atoms with Gasteiger partial charge in [-0.3, -0.25) is 0 Å². The molecule has 0 aliphatic heterocycles. The van der Waals surface area contributed by atoms with Gasteiger partial charge in [-0.1, -0.05) is 84.9 Å². The fourth-order valence-electron chi connectivity index (χ4n) is 4.79. The third-order valence-corrected chi connectivity index (χ3v) is 7.64. The van der Waals surface area contributed by atoms with E-state index < -0.39 is 0 Å². The number of thiophene rings is 1. The molecule has 0 amide bonds. The van der Waals surface area contributed by atoms with Crippen LogP contribution in [0, 0.1) is 17.9 Å². The van der Waals surface area contributed by atoms with Gasteiger partial charge in [-0.25, -0.2) is 10.1 Å². The molecule has 0 bridgehead atoms. The molecule has 4 nitrogen and oxygen atoms in total. The summed E-state index contributed by atoms with van der Waals surface area (Å²) in [7, 11) is 3.33. The number of benzene rings is 4. The van der Waals surface area contributed by atoms with E-state index in [0.29, 0.717) is 5.57 Å². The van der Waals surface area contributed by atoms with Crippen LogP contribution in [0.4, 0.5) is 0 Å². The topological polar surface area (TPSA) is 46.6 Å². The van der Waals surface area contributed by atoms with Crippen LogP contribution in [-0.4, -0.2) is 14.2 Å². The fraction of sp³-hybridized carbons (Fsp3) is 0.0556. The predicted octanol–water partition coefficient (Wildman–Crippen LogP) is 8.97. The standard InChI is InChI=1S/C36H26N2O2S/c1-38-32(24-37)36(33-10-7-23-41-33)29-13-11-26(12-14-29)34(25-8-5-4-6-9-25)35(27-15-19-30(39-2)20-16-27)28-17-21-31(40-3)22-18-28/h4-23H,2-3H3/b36-32+. The summed E-state index contributed by atoms with van der Waals surface area (Å²) in [6, 6.07) is 40.5. The number of methoxy groups -OCH3 is 2. The number of ether oxygens (including phenoxy) is 2. The van der Waals surface area contributed by atoms with Gasteiger partial charge < -0.3 is 9.47 Å². The van der Waals surface area contributed by atoms with E-state index in [9.17, 15) is 5.26 Å². The van der Waals surface area contributed by atoms with Crippen LogP contribution in [0.1, 0.15) is 32.7 Å². The number of hydrogen-bond donors (Lipinski definition) is 0. The minimum atomic E-state index is 0.0798. The van der Waals surface area contributed by atoms with Gasteiger partial charge in [-0.15, -0.1) is 11.3 Å². The molecule has 0 saturated heterocycles. The summed E-state index contributed by atoms with van der Waals surface area (Å²) in [5.41, 5.74) is 7.82. The zero-order valence-electron chi connectivity index (χ0n) is 22.7. The van der Waals surface area contributed by atoms with Crippen LogP contribution >= 0.6 is 11.3 Å². The lowest BCUT2D eigenvalue weighted by Crippen LogP contribution is -1.98. The first-order valence-electron chi connectivity index (χ1n) is 12.9. The molecule has 4 aromatic carbocycles. The van der Waals surface area contributed by atoms with E-state index in [0.717, 1.165) is 55.3 Å².